The monoisotopic (exact) mass is 297 g/mol. The molecule has 2 aliphatic rings. The van der Waals surface area contributed by atoms with E-state index in [1.807, 2.05) is 0 Å². The summed E-state index contributed by atoms with van der Waals surface area (Å²) in [6.45, 7) is 3.48. The van der Waals surface area contributed by atoms with Crippen LogP contribution < -0.4 is 14.8 Å². The Bertz CT molecular complexity index is 416. The summed E-state index contributed by atoms with van der Waals surface area (Å²) in [6, 6.07) is 4.25. The van der Waals surface area contributed by atoms with Crippen molar-refractivity contribution >= 4 is 15.9 Å². The van der Waals surface area contributed by atoms with E-state index in [0.29, 0.717) is 19.1 Å². The average molecular weight is 298 g/mol. The maximum atomic E-state index is 5.81. The number of rotatable bonds is 1. The minimum Gasteiger partial charge on any atom is -0.486 e. The Hall–Kier alpha value is -0.740. The Morgan fingerprint density at radius 2 is 1.76 bits per heavy atom. The molecule has 4 heteroatoms. The molecule has 0 spiro atoms. The number of fused-ring (bicyclic) bond motifs is 1. The van der Waals surface area contributed by atoms with Gasteiger partial charge in [0.05, 0.1) is 4.47 Å². The largest absolute Gasteiger partial charge is 0.486 e. The van der Waals surface area contributed by atoms with Crippen LogP contribution in [0.5, 0.6) is 11.5 Å². The van der Waals surface area contributed by atoms with Crippen molar-refractivity contribution < 1.29 is 9.47 Å². The molecule has 0 bridgehead atoms. The average Bonchev–Trinajstić information content (AvgIpc) is 2.41. The smallest absolute Gasteiger partial charge is 0.175 e. The predicted molar refractivity (Wildman–Crippen MR) is 70.0 cm³/mol. The summed E-state index contributed by atoms with van der Waals surface area (Å²) in [5, 5.41) is 3.39. The first-order valence-corrected chi connectivity index (χ1v) is 6.94. The molecule has 1 saturated heterocycles. The summed E-state index contributed by atoms with van der Waals surface area (Å²) in [4.78, 5) is 0. The molecular weight excluding hydrogens is 282 g/mol. The lowest BCUT2D eigenvalue weighted by Gasteiger charge is -2.28. The third-order valence-corrected chi connectivity index (χ3v) is 4.07. The highest BCUT2D eigenvalue weighted by molar-refractivity contribution is 9.10. The van der Waals surface area contributed by atoms with Crippen LogP contribution in [0.15, 0.2) is 16.6 Å². The highest BCUT2D eigenvalue weighted by Crippen LogP contribution is 2.44. The second-order valence-electron chi connectivity index (χ2n) is 4.52. The standard InChI is InChI=1S/C13H16BrNO2/c14-11-2-1-10(9-3-5-15-6-4-9)12-13(11)17-8-7-16-12/h1-2,9,15H,3-8H2. The number of hydrogen-bond acceptors (Lipinski definition) is 3. The van der Waals surface area contributed by atoms with E-state index in [4.69, 9.17) is 9.47 Å². The van der Waals surface area contributed by atoms with Gasteiger partial charge in [-0.3, -0.25) is 0 Å². The van der Waals surface area contributed by atoms with Gasteiger partial charge in [-0.25, -0.2) is 0 Å². The molecule has 0 unspecified atom stereocenters. The second kappa shape index (κ2) is 4.86. The second-order valence-corrected chi connectivity index (χ2v) is 5.37. The van der Waals surface area contributed by atoms with Crippen molar-refractivity contribution in [2.24, 2.45) is 0 Å². The van der Waals surface area contributed by atoms with Gasteiger partial charge in [0.15, 0.2) is 11.5 Å². The van der Waals surface area contributed by atoms with Crippen LogP contribution in [0.3, 0.4) is 0 Å². The molecule has 17 heavy (non-hydrogen) atoms. The molecule has 0 amide bonds. The number of halogens is 1. The van der Waals surface area contributed by atoms with Crippen LogP contribution in [0.25, 0.3) is 0 Å². The van der Waals surface area contributed by atoms with Crippen molar-refractivity contribution in [1.82, 2.24) is 5.32 Å². The Labute approximate surface area is 110 Å². The van der Waals surface area contributed by atoms with Crippen molar-refractivity contribution in [2.75, 3.05) is 26.3 Å². The Morgan fingerprint density at radius 3 is 2.53 bits per heavy atom. The molecule has 3 rings (SSSR count). The maximum Gasteiger partial charge on any atom is 0.175 e. The van der Waals surface area contributed by atoms with Crippen molar-refractivity contribution in [3.05, 3.63) is 22.2 Å². The van der Waals surface area contributed by atoms with Crippen molar-refractivity contribution in [2.45, 2.75) is 18.8 Å². The van der Waals surface area contributed by atoms with Crippen molar-refractivity contribution in [3.8, 4) is 11.5 Å². The summed E-state index contributed by atoms with van der Waals surface area (Å²) in [5.74, 6) is 2.43. The zero-order chi connectivity index (χ0) is 11.7. The fourth-order valence-corrected chi connectivity index (χ4v) is 3.01. The minimum absolute atomic E-state index is 0.597. The lowest BCUT2D eigenvalue weighted by Crippen LogP contribution is -2.27. The SMILES string of the molecule is Brc1ccc(C2CCNCC2)c2c1OCCO2. The van der Waals surface area contributed by atoms with Crippen LogP contribution in [-0.2, 0) is 0 Å². The van der Waals surface area contributed by atoms with E-state index in [2.05, 4.69) is 33.4 Å². The topological polar surface area (TPSA) is 30.5 Å². The molecule has 2 aliphatic heterocycles. The van der Waals surface area contributed by atoms with E-state index in [0.717, 1.165) is 29.1 Å². The molecule has 1 fully saturated rings. The molecule has 1 aromatic carbocycles. The zero-order valence-electron chi connectivity index (χ0n) is 9.67. The molecule has 0 aliphatic carbocycles. The van der Waals surface area contributed by atoms with Gasteiger partial charge in [0.2, 0.25) is 0 Å². The molecule has 0 atom stereocenters. The van der Waals surface area contributed by atoms with Crippen LogP contribution in [0, 0.1) is 0 Å². The van der Waals surface area contributed by atoms with E-state index >= 15 is 0 Å². The first-order valence-electron chi connectivity index (χ1n) is 6.15. The van der Waals surface area contributed by atoms with Crippen LogP contribution in [0.2, 0.25) is 0 Å². The summed E-state index contributed by atoms with van der Waals surface area (Å²) >= 11 is 3.52. The molecular formula is C13H16BrNO2. The number of benzene rings is 1. The fraction of sp³-hybridized carbons (Fsp3) is 0.538. The normalized spacial score (nSPS) is 20.3. The Kier molecular flexibility index (Phi) is 3.25. The van der Waals surface area contributed by atoms with E-state index in [1.165, 1.54) is 18.4 Å². The number of hydrogen-bond donors (Lipinski definition) is 1. The lowest BCUT2D eigenvalue weighted by molar-refractivity contribution is 0.167. The van der Waals surface area contributed by atoms with Gasteiger partial charge in [0.1, 0.15) is 13.2 Å². The zero-order valence-corrected chi connectivity index (χ0v) is 11.3. The fourth-order valence-electron chi connectivity index (χ4n) is 2.58. The predicted octanol–water partition coefficient (Wildman–Crippen LogP) is 2.69. The van der Waals surface area contributed by atoms with E-state index in [9.17, 15) is 0 Å². The van der Waals surface area contributed by atoms with Gasteiger partial charge in [-0.05, 0) is 53.8 Å². The Balaban J connectivity index is 1.98. The van der Waals surface area contributed by atoms with Gasteiger partial charge < -0.3 is 14.8 Å². The van der Waals surface area contributed by atoms with Crippen LogP contribution >= 0.6 is 15.9 Å². The van der Waals surface area contributed by atoms with Crippen molar-refractivity contribution in [3.63, 3.8) is 0 Å². The number of nitrogens with one attached hydrogen (secondary N) is 1. The van der Waals surface area contributed by atoms with Gasteiger partial charge in [0.25, 0.3) is 0 Å². The van der Waals surface area contributed by atoms with E-state index < -0.39 is 0 Å². The third kappa shape index (κ3) is 2.16. The van der Waals surface area contributed by atoms with E-state index in [1.54, 1.807) is 0 Å². The first-order chi connectivity index (χ1) is 8.36. The van der Waals surface area contributed by atoms with Crippen LogP contribution in [-0.4, -0.2) is 26.3 Å². The highest BCUT2D eigenvalue weighted by atomic mass is 79.9. The van der Waals surface area contributed by atoms with E-state index in [-0.39, 0.29) is 0 Å². The van der Waals surface area contributed by atoms with Gasteiger partial charge in [-0.2, -0.15) is 0 Å². The Morgan fingerprint density at radius 1 is 1.06 bits per heavy atom. The molecule has 0 radical (unpaired) electrons. The summed E-state index contributed by atoms with van der Waals surface area (Å²) in [5.41, 5.74) is 1.31. The molecule has 1 aromatic rings. The maximum absolute atomic E-state index is 5.81. The van der Waals surface area contributed by atoms with Gasteiger partial charge in [-0.15, -0.1) is 0 Å². The molecule has 0 aromatic heterocycles. The number of ether oxygens (including phenoxy) is 2. The van der Waals surface area contributed by atoms with Crippen LogP contribution in [0.4, 0.5) is 0 Å². The van der Waals surface area contributed by atoms with Crippen molar-refractivity contribution in [1.29, 1.82) is 0 Å². The highest BCUT2D eigenvalue weighted by Gasteiger charge is 2.25. The van der Waals surface area contributed by atoms with Crippen LogP contribution in [0.1, 0.15) is 24.3 Å². The first kappa shape index (κ1) is 11.4. The molecule has 1 N–H and O–H groups in total. The minimum atomic E-state index is 0.597. The van der Waals surface area contributed by atoms with Gasteiger partial charge in [-0.1, -0.05) is 6.07 Å². The molecule has 2 heterocycles. The quantitative estimate of drug-likeness (QED) is 0.864. The lowest BCUT2D eigenvalue weighted by atomic mass is 9.89. The number of piperidine rings is 1. The molecule has 3 nitrogen and oxygen atoms in total. The summed E-state index contributed by atoms with van der Waals surface area (Å²) < 4.78 is 12.5. The summed E-state index contributed by atoms with van der Waals surface area (Å²) in [7, 11) is 0. The third-order valence-electron chi connectivity index (χ3n) is 3.45. The van der Waals surface area contributed by atoms with Gasteiger partial charge >= 0.3 is 0 Å². The van der Waals surface area contributed by atoms with Gasteiger partial charge in [0, 0.05) is 5.56 Å². The summed E-state index contributed by atoms with van der Waals surface area (Å²) in [6.07, 6.45) is 2.36. The molecule has 92 valence electrons. The molecule has 0 saturated carbocycles.